The summed E-state index contributed by atoms with van der Waals surface area (Å²) in [6.45, 7) is 1.20. The quantitative estimate of drug-likeness (QED) is 0.748. The van der Waals surface area contributed by atoms with Crippen LogP contribution in [0.5, 0.6) is 0 Å². The van der Waals surface area contributed by atoms with Crippen LogP contribution in [0.2, 0.25) is 0 Å². The number of hydrogen-bond donors (Lipinski definition) is 1. The predicted molar refractivity (Wildman–Crippen MR) is 88.6 cm³/mol. The molecule has 0 bridgehead atoms. The molecule has 1 aromatic heterocycles. The standard InChI is InChI=1S/C19H26N2/c1-21-14-11-16-15-9-5-6-10-17(15)20-18(16)19(21)12-7-3-2-4-8-13-19/h5-6,9-10,20H,2-4,7-8,11-14H2,1H3. The van der Waals surface area contributed by atoms with Crippen LogP contribution in [0.15, 0.2) is 24.3 Å². The van der Waals surface area contributed by atoms with Crippen molar-refractivity contribution >= 4 is 10.9 Å². The van der Waals surface area contributed by atoms with Gasteiger partial charge in [-0.2, -0.15) is 0 Å². The third-order valence-corrected chi connectivity index (χ3v) is 5.89. The lowest BCUT2D eigenvalue weighted by Gasteiger charge is -2.46. The zero-order valence-electron chi connectivity index (χ0n) is 13.1. The number of fused-ring (bicyclic) bond motifs is 4. The van der Waals surface area contributed by atoms with Crippen molar-refractivity contribution in [1.29, 1.82) is 0 Å². The van der Waals surface area contributed by atoms with E-state index in [1.165, 1.54) is 68.8 Å². The fourth-order valence-corrected chi connectivity index (χ4v) is 4.66. The highest BCUT2D eigenvalue weighted by Crippen LogP contribution is 2.45. The fourth-order valence-electron chi connectivity index (χ4n) is 4.66. The van der Waals surface area contributed by atoms with Gasteiger partial charge in [0.1, 0.15) is 0 Å². The molecule has 1 saturated carbocycles. The molecule has 2 aromatic rings. The number of benzene rings is 1. The Balaban J connectivity index is 1.87. The number of aromatic amines is 1. The van der Waals surface area contributed by atoms with Gasteiger partial charge in [0, 0.05) is 23.1 Å². The van der Waals surface area contributed by atoms with Gasteiger partial charge in [0.05, 0.1) is 5.54 Å². The topological polar surface area (TPSA) is 19.0 Å². The molecule has 2 aliphatic rings. The van der Waals surface area contributed by atoms with Gasteiger partial charge in [-0.3, -0.25) is 4.90 Å². The molecule has 1 aliphatic heterocycles. The van der Waals surface area contributed by atoms with Crippen LogP contribution >= 0.6 is 0 Å². The minimum absolute atomic E-state index is 0.271. The highest BCUT2D eigenvalue weighted by Gasteiger charge is 2.42. The van der Waals surface area contributed by atoms with Gasteiger partial charge in [0.2, 0.25) is 0 Å². The van der Waals surface area contributed by atoms with Gasteiger partial charge < -0.3 is 4.98 Å². The number of rotatable bonds is 0. The second-order valence-electron chi connectivity index (χ2n) is 7.00. The molecule has 1 aliphatic carbocycles. The van der Waals surface area contributed by atoms with E-state index in [1.807, 2.05) is 0 Å². The average Bonchev–Trinajstić information content (AvgIpc) is 2.85. The number of H-pyrrole nitrogens is 1. The largest absolute Gasteiger partial charge is 0.357 e. The molecule has 0 radical (unpaired) electrons. The van der Waals surface area contributed by atoms with E-state index in [0.717, 1.165) is 0 Å². The van der Waals surface area contributed by atoms with Gasteiger partial charge in [-0.25, -0.2) is 0 Å². The van der Waals surface area contributed by atoms with Crippen LogP contribution in [0.4, 0.5) is 0 Å². The number of nitrogens with zero attached hydrogens (tertiary/aromatic N) is 1. The van der Waals surface area contributed by atoms with Gasteiger partial charge >= 0.3 is 0 Å². The van der Waals surface area contributed by atoms with E-state index >= 15 is 0 Å². The highest BCUT2D eigenvalue weighted by atomic mass is 15.2. The first-order valence-electron chi connectivity index (χ1n) is 8.63. The number of hydrogen-bond acceptors (Lipinski definition) is 1. The van der Waals surface area contributed by atoms with Crippen LogP contribution in [0.25, 0.3) is 10.9 Å². The van der Waals surface area contributed by atoms with Crippen molar-refractivity contribution in [3.8, 4) is 0 Å². The van der Waals surface area contributed by atoms with Crippen LogP contribution in [-0.2, 0) is 12.0 Å². The summed E-state index contributed by atoms with van der Waals surface area (Å²) in [4.78, 5) is 6.46. The Morgan fingerprint density at radius 1 is 1.00 bits per heavy atom. The first-order valence-corrected chi connectivity index (χ1v) is 8.63. The summed E-state index contributed by atoms with van der Waals surface area (Å²) in [5.41, 5.74) is 4.75. The lowest BCUT2D eigenvalue weighted by atomic mass is 9.76. The molecule has 1 spiro atoms. The van der Waals surface area contributed by atoms with E-state index in [4.69, 9.17) is 0 Å². The molecular weight excluding hydrogens is 256 g/mol. The summed E-state index contributed by atoms with van der Waals surface area (Å²) < 4.78 is 0. The first kappa shape index (κ1) is 13.4. The molecular formula is C19H26N2. The predicted octanol–water partition coefficient (Wildman–Crippen LogP) is 4.60. The van der Waals surface area contributed by atoms with Crippen LogP contribution in [-0.4, -0.2) is 23.5 Å². The Bertz CT molecular complexity index is 632. The van der Waals surface area contributed by atoms with E-state index in [2.05, 4.69) is 41.2 Å². The molecule has 2 heteroatoms. The first-order chi connectivity index (χ1) is 10.3. The van der Waals surface area contributed by atoms with Gasteiger partial charge in [-0.1, -0.05) is 50.3 Å². The Labute approximate surface area is 127 Å². The van der Waals surface area contributed by atoms with E-state index in [0.29, 0.717) is 0 Å². The van der Waals surface area contributed by atoms with Crippen LogP contribution < -0.4 is 0 Å². The van der Waals surface area contributed by atoms with Crippen molar-refractivity contribution in [2.24, 2.45) is 0 Å². The monoisotopic (exact) mass is 282 g/mol. The summed E-state index contributed by atoms with van der Waals surface area (Å²) in [5.74, 6) is 0. The van der Waals surface area contributed by atoms with Crippen molar-refractivity contribution in [2.45, 2.75) is 56.9 Å². The number of likely N-dealkylation sites (N-methyl/N-ethyl adjacent to an activating group) is 1. The third kappa shape index (κ3) is 2.03. The van der Waals surface area contributed by atoms with Gasteiger partial charge in [0.15, 0.2) is 0 Å². The third-order valence-electron chi connectivity index (χ3n) is 5.89. The number of nitrogens with one attached hydrogen (secondary N) is 1. The Morgan fingerprint density at radius 3 is 2.52 bits per heavy atom. The molecule has 2 nitrogen and oxygen atoms in total. The van der Waals surface area contributed by atoms with Gasteiger partial charge in [0.25, 0.3) is 0 Å². The summed E-state index contributed by atoms with van der Waals surface area (Å²) in [7, 11) is 2.34. The van der Waals surface area contributed by atoms with E-state index < -0.39 is 0 Å². The minimum Gasteiger partial charge on any atom is -0.357 e. The van der Waals surface area contributed by atoms with Crippen molar-refractivity contribution < 1.29 is 0 Å². The second kappa shape index (κ2) is 5.17. The van der Waals surface area contributed by atoms with Gasteiger partial charge in [-0.05, 0) is 37.9 Å². The van der Waals surface area contributed by atoms with Crippen LogP contribution in [0, 0.1) is 0 Å². The molecule has 1 aromatic carbocycles. The zero-order chi connectivity index (χ0) is 14.3. The Hall–Kier alpha value is -1.28. The second-order valence-corrected chi connectivity index (χ2v) is 7.00. The molecule has 0 saturated heterocycles. The highest BCUT2D eigenvalue weighted by molar-refractivity contribution is 5.85. The van der Waals surface area contributed by atoms with E-state index in [9.17, 15) is 0 Å². The maximum atomic E-state index is 3.81. The van der Waals surface area contributed by atoms with Crippen molar-refractivity contribution in [3.63, 3.8) is 0 Å². The van der Waals surface area contributed by atoms with E-state index in [1.54, 1.807) is 11.3 Å². The van der Waals surface area contributed by atoms with Crippen molar-refractivity contribution in [2.75, 3.05) is 13.6 Å². The fraction of sp³-hybridized carbons (Fsp3) is 0.579. The minimum atomic E-state index is 0.271. The zero-order valence-corrected chi connectivity index (χ0v) is 13.1. The summed E-state index contributed by atoms with van der Waals surface area (Å²) in [6, 6.07) is 8.87. The Morgan fingerprint density at radius 2 is 1.71 bits per heavy atom. The SMILES string of the molecule is CN1CCc2c([nH]c3ccccc23)C12CCCCCCC2. The van der Waals surface area contributed by atoms with Crippen LogP contribution in [0.3, 0.4) is 0 Å². The summed E-state index contributed by atoms with van der Waals surface area (Å²) in [5, 5.41) is 1.46. The summed E-state index contributed by atoms with van der Waals surface area (Å²) >= 11 is 0. The van der Waals surface area contributed by atoms with E-state index in [-0.39, 0.29) is 5.54 Å². The molecule has 0 amide bonds. The summed E-state index contributed by atoms with van der Waals surface area (Å²) in [6.07, 6.45) is 10.8. The molecule has 21 heavy (non-hydrogen) atoms. The lowest BCUT2D eigenvalue weighted by molar-refractivity contribution is 0.0697. The smallest absolute Gasteiger partial charge is 0.0612 e. The Kier molecular flexibility index (Phi) is 3.30. The maximum Gasteiger partial charge on any atom is 0.0612 e. The average molecular weight is 282 g/mol. The number of para-hydroxylation sites is 1. The molecule has 0 atom stereocenters. The van der Waals surface area contributed by atoms with Crippen LogP contribution in [0.1, 0.15) is 56.2 Å². The molecule has 2 heterocycles. The van der Waals surface area contributed by atoms with Gasteiger partial charge in [-0.15, -0.1) is 0 Å². The number of aromatic nitrogens is 1. The lowest BCUT2D eigenvalue weighted by Crippen LogP contribution is -2.48. The molecule has 112 valence electrons. The molecule has 4 rings (SSSR count). The van der Waals surface area contributed by atoms with Crippen molar-refractivity contribution in [1.82, 2.24) is 9.88 Å². The molecule has 1 fully saturated rings. The molecule has 1 N–H and O–H groups in total. The van der Waals surface area contributed by atoms with Crippen molar-refractivity contribution in [3.05, 3.63) is 35.5 Å². The maximum absolute atomic E-state index is 3.81. The molecule has 0 unspecified atom stereocenters. The normalized spacial score (nSPS) is 22.9.